The normalized spacial score (nSPS) is 35.0. The predicted molar refractivity (Wildman–Crippen MR) is 101 cm³/mol. The van der Waals surface area contributed by atoms with Crippen LogP contribution in [0.2, 0.25) is 0 Å². The van der Waals surface area contributed by atoms with Gasteiger partial charge in [0, 0.05) is 4.32 Å². The molecule has 1 N–H and O–H groups in total. The molecule has 1 aromatic carbocycles. The third-order valence-corrected chi connectivity index (χ3v) is 7.35. The molecule has 1 aromatic heterocycles. The van der Waals surface area contributed by atoms with Crippen LogP contribution >= 0.6 is 15.9 Å². The summed E-state index contributed by atoms with van der Waals surface area (Å²) in [5.74, 6) is 1.54. The number of carbonyl (C=O) groups excluding carboxylic acids is 1. The Hall–Kier alpha value is -1.69. The van der Waals surface area contributed by atoms with Gasteiger partial charge in [-0.25, -0.2) is 4.98 Å². The first-order valence-electron chi connectivity index (χ1n) is 9.29. The molecule has 136 valence electrons. The number of carbonyl (C=O) groups is 1. The molecule has 0 radical (unpaired) electrons. The number of hydrogen-bond acceptors (Lipinski definition) is 4. The van der Waals surface area contributed by atoms with Crippen molar-refractivity contribution in [2.24, 2.45) is 17.3 Å². The Labute approximate surface area is 159 Å². The van der Waals surface area contributed by atoms with E-state index in [1.165, 1.54) is 19.3 Å². The van der Waals surface area contributed by atoms with E-state index < -0.39 is 0 Å². The van der Waals surface area contributed by atoms with Gasteiger partial charge in [-0.05, 0) is 62.5 Å². The molecule has 2 unspecified atom stereocenters. The number of fused-ring (bicyclic) bond motifs is 1. The van der Waals surface area contributed by atoms with Crippen molar-refractivity contribution in [3.63, 3.8) is 0 Å². The third kappa shape index (κ3) is 2.61. The number of aromatic amines is 1. The van der Waals surface area contributed by atoms with Crippen molar-refractivity contribution >= 4 is 32.8 Å². The van der Waals surface area contributed by atoms with Crippen LogP contribution in [-0.2, 0) is 16.1 Å². The van der Waals surface area contributed by atoms with E-state index in [9.17, 15) is 9.59 Å². The first-order chi connectivity index (χ1) is 12.4. The predicted octanol–water partition coefficient (Wildman–Crippen LogP) is 3.70. The maximum absolute atomic E-state index is 13.0. The Morgan fingerprint density at radius 3 is 2.69 bits per heavy atom. The lowest BCUT2D eigenvalue weighted by atomic mass is 9.49. The van der Waals surface area contributed by atoms with Gasteiger partial charge in [0.15, 0.2) is 0 Å². The highest BCUT2D eigenvalue weighted by Crippen LogP contribution is 2.64. The SMILES string of the molecule is O=C(OCc1nc2ccccc2c(=O)[nH]1)C12C[C@@H]3C[C@@H](CC(Br)(C3)C1)C2. The number of benzene rings is 1. The lowest BCUT2D eigenvalue weighted by molar-refractivity contribution is -0.171. The van der Waals surface area contributed by atoms with E-state index in [4.69, 9.17) is 4.74 Å². The number of H-pyrrole nitrogens is 1. The zero-order valence-electron chi connectivity index (χ0n) is 14.5. The number of ether oxygens (including phenoxy) is 1. The van der Waals surface area contributed by atoms with Gasteiger partial charge < -0.3 is 9.72 Å². The minimum absolute atomic E-state index is 0.0191. The number of halogens is 1. The highest BCUT2D eigenvalue weighted by Gasteiger charge is 2.60. The van der Waals surface area contributed by atoms with Crippen LogP contribution in [0, 0.1) is 17.3 Å². The van der Waals surface area contributed by atoms with Crippen molar-refractivity contribution in [3.05, 3.63) is 40.4 Å². The summed E-state index contributed by atoms with van der Waals surface area (Å²) in [4.78, 5) is 32.3. The molecular formula is C20H21BrN2O3. The van der Waals surface area contributed by atoms with Gasteiger partial charge in [-0.15, -0.1) is 0 Å². The van der Waals surface area contributed by atoms with Crippen molar-refractivity contribution in [2.75, 3.05) is 0 Å². The Morgan fingerprint density at radius 2 is 1.96 bits per heavy atom. The maximum Gasteiger partial charge on any atom is 0.312 e. The molecule has 6 heteroatoms. The number of rotatable bonds is 3. The minimum Gasteiger partial charge on any atom is -0.457 e. The third-order valence-electron chi connectivity index (χ3n) is 6.42. The fraction of sp³-hybridized carbons (Fsp3) is 0.550. The smallest absolute Gasteiger partial charge is 0.312 e. The van der Waals surface area contributed by atoms with Gasteiger partial charge in [-0.2, -0.15) is 0 Å². The van der Waals surface area contributed by atoms with Crippen LogP contribution in [0.1, 0.15) is 44.3 Å². The van der Waals surface area contributed by atoms with Gasteiger partial charge in [0.05, 0.1) is 16.3 Å². The summed E-state index contributed by atoms with van der Waals surface area (Å²) >= 11 is 3.93. The highest BCUT2D eigenvalue weighted by molar-refractivity contribution is 9.10. The Kier molecular flexibility index (Phi) is 3.58. The van der Waals surface area contributed by atoms with E-state index >= 15 is 0 Å². The second-order valence-electron chi connectivity index (χ2n) is 8.50. The average molecular weight is 417 g/mol. The summed E-state index contributed by atoms with van der Waals surface area (Å²) in [7, 11) is 0. The largest absolute Gasteiger partial charge is 0.457 e. The summed E-state index contributed by atoms with van der Waals surface area (Å²) in [6.45, 7) is 0.0191. The topological polar surface area (TPSA) is 72.0 Å². The van der Waals surface area contributed by atoms with Crippen LogP contribution in [0.25, 0.3) is 10.9 Å². The van der Waals surface area contributed by atoms with Crippen molar-refractivity contribution in [2.45, 2.75) is 49.5 Å². The van der Waals surface area contributed by atoms with Crippen molar-refractivity contribution < 1.29 is 9.53 Å². The van der Waals surface area contributed by atoms with Crippen LogP contribution in [-0.4, -0.2) is 20.3 Å². The van der Waals surface area contributed by atoms with Crippen LogP contribution in [0.15, 0.2) is 29.1 Å². The number of nitrogens with one attached hydrogen (secondary N) is 1. The van der Waals surface area contributed by atoms with E-state index in [1.807, 2.05) is 12.1 Å². The lowest BCUT2D eigenvalue weighted by Gasteiger charge is -2.58. The summed E-state index contributed by atoms with van der Waals surface area (Å²) < 4.78 is 5.79. The lowest BCUT2D eigenvalue weighted by Crippen LogP contribution is -2.56. The van der Waals surface area contributed by atoms with E-state index in [2.05, 4.69) is 25.9 Å². The van der Waals surface area contributed by atoms with E-state index in [0.29, 0.717) is 28.6 Å². The quantitative estimate of drug-likeness (QED) is 0.611. The number of para-hydroxylation sites is 1. The van der Waals surface area contributed by atoms with Crippen molar-refractivity contribution in [1.29, 1.82) is 0 Å². The number of alkyl halides is 1. The molecule has 4 atom stereocenters. The molecular weight excluding hydrogens is 396 g/mol. The van der Waals surface area contributed by atoms with E-state index in [1.54, 1.807) is 12.1 Å². The first-order valence-corrected chi connectivity index (χ1v) is 10.1. The molecule has 6 rings (SSSR count). The molecule has 4 fully saturated rings. The second kappa shape index (κ2) is 5.65. The van der Waals surface area contributed by atoms with Gasteiger partial charge in [0.1, 0.15) is 12.4 Å². The maximum atomic E-state index is 13.0. The van der Waals surface area contributed by atoms with Crippen LogP contribution in [0.4, 0.5) is 0 Å². The molecule has 0 amide bonds. The second-order valence-corrected chi connectivity index (χ2v) is 10.2. The molecule has 2 aromatic rings. The molecule has 4 aliphatic rings. The summed E-state index contributed by atoms with van der Waals surface area (Å²) in [5.41, 5.74) is 0.0671. The molecule has 26 heavy (non-hydrogen) atoms. The van der Waals surface area contributed by atoms with E-state index in [-0.39, 0.29) is 27.9 Å². The zero-order chi connectivity index (χ0) is 17.9. The average Bonchev–Trinajstić information content (AvgIpc) is 2.57. The number of nitrogens with zero attached hydrogens (tertiary/aromatic N) is 1. The minimum atomic E-state index is -0.356. The Balaban J connectivity index is 1.36. The summed E-state index contributed by atoms with van der Waals surface area (Å²) in [6.07, 6.45) is 6.36. The number of esters is 1. The molecule has 5 nitrogen and oxygen atoms in total. The molecule has 4 bridgehead atoms. The van der Waals surface area contributed by atoms with Gasteiger partial charge in [0.25, 0.3) is 5.56 Å². The van der Waals surface area contributed by atoms with Crippen LogP contribution < -0.4 is 5.56 Å². The molecule has 0 aliphatic heterocycles. The molecule has 4 saturated carbocycles. The molecule has 1 heterocycles. The van der Waals surface area contributed by atoms with Crippen LogP contribution in [0.3, 0.4) is 0 Å². The number of hydrogen-bond donors (Lipinski definition) is 1. The van der Waals surface area contributed by atoms with Crippen molar-refractivity contribution in [3.8, 4) is 0 Å². The van der Waals surface area contributed by atoms with Gasteiger partial charge in [-0.1, -0.05) is 28.1 Å². The van der Waals surface area contributed by atoms with Gasteiger partial charge in [0.2, 0.25) is 0 Å². The molecule has 4 aliphatic carbocycles. The van der Waals surface area contributed by atoms with E-state index in [0.717, 1.165) is 19.3 Å². The fourth-order valence-electron chi connectivity index (χ4n) is 5.88. The molecule has 0 spiro atoms. The van der Waals surface area contributed by atoms with Crippen molar-refractivity contribution in [1.82, 2.24) is 9.97 Å². The van der Waals surface area contributed by atoms with Gasteiger partial charge in [-0.3, -0.25) is 9.59 Å². The Morgan fingerprint density at radius 1 is 1.23 bits per heavy atom. The summed E-state index contributed by atoms with van der Waals surface area (Å²) in [6, 6.07) is 7.18. The number of aromatic nitrogens is 2. The highest BCUT2D eigenvalue weighted by atomic mass is 79.9. The fourth-order valence-corrected chi connectivity index (χ4v) is 7.33. The monoisotopic (exact) mass is 416 g/mol. The molecule has 0 saturated heterocycles. The van der Waals surface area contributed by atoms with Crippen LogP contribution in [0.5, 0.6) is 0 Å². The zero-order valence-corrected chi connectivity index (χ0v) is 16.0. The Bertz CT molecular complexity index is 939. The standard InChI is InChI=1S/C20H21BrN2O3/c21-20-8-12-5-13(9-20)7-19(6-12,11-20)18(25)26-10-16-22-15-4-2-1-3-14(15)17(24)23-16/h1-4,12-13H,5-11H2,(H,22,23,24)/t12-,13+,19?,20?. The van der Waals surface area contributed by atoms with Gasteiger partial charge >= 0.3 is 5.97 Å². The first kappa shape index (κ1) is 16.5. The summed E-state index contributed by atoms with van der Waals surface area (Å²) in [5, 5.41) is 0.546.